The summed E-state index contributed by atoms with van der Waals surface area (Å²) in [4.78, 5) is 17.1. The lowest BCUT2D eigenvalue weighted by Gasteiger charge is -2.36. The van der Waals surface area contributed by atoms with Crippen LogP contribution in [0, 0.1) is 6.92 Å². The van der Waals surface area contributed by atoms with E-state index >= 15 is 0 Å². The maximum absolute atomic E-state index is 12.5. The zero-order valence-electron chi connectivity index (χ0n) is 19.0. The molecule has 4 rings (SSSR count). The van der Waals surface area contributed by atoms with Crippen LogP contribution in [0.5, 0.6) is 0 Å². The number of aryl methyl sites for hydroxylation is 2. The van der Waals surface area contributed by atoms with E-state index in [0.29, 0.717) is 18.3 Å². The van der Waals surface area contributed by atoms with E-state index in [-0.39, 0.29) is 11.9 Å². The molecule has 0 aliphatic carbocycles. The number of benzene rings is 2. The second-order valence-corrected chi connectivity index (χ2v) is 8.36. The molecule has 3 aromatic rings. The Hall–Kier alpha value is -3.03. The molecule has 0 bridgehead atoms. The van der Waals surface area contributed by atoms with Gasteiger partial charge in [-0.05, 0) is 44.0 Å². The first-order valence-electron chi connectivity index (χ1n) is 11.3. The van der Waals surface area contributed by atoms with E-state index in [1.807, 2.05) is 49.4 Å². The van der Waals surface area contributed by atoms with Gasteiger partial charge in [-0.1, -0.05) is 42.8 Å². The van der Waals surface area contributed by atoms with Gasteiger partial charge in [0.1, 0.15) is 0 Å². The maximum Gasteiger partial charge on any atom is 0.247 e. The molecule has 7 nitrogen and oxygen atoms in total. The Kier molecular flexibility index (Phi) is 6.97. The molecule has 1 aliphatic heterocycles. The van der Waals surface area contributed by atoms with Gasteiger partial charge in [0.2, 0.25) is 17.7 Å². The van der Waals surface area contributed by atoms with Crippen LogP contribution in [0.15, 0.2) is 52.9 Å². The SMILES string of the molecule is CCc1ccccc1NC(=O)CN1CCN(C(C)c2nnc(-c3cccc(C)c3)o2)CC1. The maximum atomic E-state index is 12.5. The molecule has 1 aliphatic rings. The highest BCUT2D eigenvalue weighted by Gasteiger charge is 2.26. The largest absolute Gasteiger partial charge is 0.419 e. The van der Waals surface area contributed by atoms with E-state index in [1.165, 1.54) is 0 Å². The molecular weight excluding hydrogens is 402 g/mol. The number of hydrogen-bond acceptors (Lipinski definition) is 6. The first kappa shape index (κ1) is 22.2. The van der Waals surface area contributed by atoms with Crippen LogP contribution < -0.4 is 5.32 Å². The zero-order valence-corrected chi connectivity index (χ0v) is 19.0. The van der Waals surface area contributed by atoms with Gasteiger partial charge in [0, 0.05) is 37.4 Å². The molecule has 1 N–H and O–H groups in total. The number of carbonyl (C=O) groups excluding carboxylic acids is 1. The second kappa shape index (κ2) is 10.1. The molecule has 1 fully saturated rings. The van der Waals surface area contributed by atoms with E-state index in [9.17, 15) is 4.79 Å². The van der Waals surface area contributed by atoms with Crippen molar-refractivity contribution < 1.29 is 9.21 Å². The quantitative estimate of drug-likeness (QED) is 0.609. The van der Waals surface area contributed by atoms with E-state index in [1.54, 1.807) is 0 Å². The molecule has 0 spiro atoms. The average molecular weight is 434 g/mol. The lowest BCUT2D eigenvalue weighted by atomic mass is 10.1. The van der Waals surface area contributed by atoms with Crippen LogP contribution in [0.2, 0.25) is 0 Å². The molecule has 1 aromatic heterocycles. The third kappa shape index (κ3) is 5.23. The van der Waals surface area contributed by atoms with Gasteiger partial charge in [0.05, 0.1) is 12.6 Å². The van der Waals surface area contributed by atoms with Crippen molar-refractivity contribution >= 4 is 11.6 Å². The number of amides is 1. The topological polar surface area (TPSA) is 74.5 Å². The van der Waals surface area contributed by atoms with Gasteiger partial charge in [0.15, 0.2) is 0 Å². The van der Waals surface area contributed by atoms with Crippen LogP contribution in [0.1, 0.15) is 36.9 Å². The minimum atomic E-state index is 0.0343. The molecule has 0 radical (unpaired) electrons. The summed E-state index contributed by atoms with van der Waals surface area (Å²) in [7, 11) is 0. The number of nitrogens with one attached hydrogen (secondary N) is 1. The van der Waals surface area contributed by atoms with Crippen molar-refractivity contribution in [1.82, 2.24) is 20.0 Å². The highest BCUT2D eigenvalue weighted by Crippen LogP contribution is 2.25. The molecular formula is C25H31N5O2. The van der Waals surface area contributed by atoms with Crippen LogP contribution in [0.4, 0.5) is 5.69 Å². The van der Waals surface area contributed by atoms with Gasteiger partial charge in [-0.15, -0.1) is 10.2 Å². The van der Waals surface area contributed by atoms with Crippen molar-refractivity contribution in [3.63, 3.8) is 0 Å². The Balaban J connectivity index is 1.29. The van der Waals surface area contributed by atoms with Gasteiger partial charge in [-0.2, -0.15) is 0 Å². The lowest BCUT2D eigenvalue weighted by molar-refractivity contribution is -0.117. The minimum absolute atomic E-state index is 0.0343. The van der Waals surface area contributed by atoms with Gasteiger partial charge in [0.25, 0.3) is 0 Å². The van der Waals surface area contributed by atoms with E-state index < -0.39 is 0 Å². The summed E-state index contributed by atoms with van der Waals surface area (Å²) in [6.45, 7) is 9.99. The monoisotopic (exact) mass is 433 g/mol. The number of anilines is 1. The Morgan fingerprint density at radius 1 is 1.09 bits per heavy atom. The predicted molar refractivity (Wildman–Crippen MR) is 125 cm³/mol. The highest BCUT2D eigenvalue weighted by atomic mass is 16.4. The number of hydrogen-bond donors (Lipinski definition) is 1. The first-order chi connectivity index (χ1) is 15.5. The van der Waals surface area contributed by atoms with Crippen LogP contribution in [-0.4, -0.2) is 58.6 Å². The van der Waals surface area contributed by atoms with Crippen molar-refractivity contribution in [2.24, 2.45) is 0 Å². The summed E-state index contributed by atoms with van der Waals surface area (Å²) in [6, 6.07) is 16.1. The van der Waals surface area contributed by atoms with Gasteiger partial charge >= 0.3 is 0 Å². The Labute approximate surface area is 189 Å². The molecule has 0 saturated carbocycles. The number of carbonyl (C=O) groups is 1. The molecule has 1 unspecified atom stereocenters. The van der Waals surface area contributed by atoms with Crippen molar-refractivity contribution in [3.05, 3.63) is 65.5 Å². The number of para-hydroxylation sites is 1. The van der Waals surface area contributed by atoms with Gasteiger partial charge in [-0.3, -0.25) is 14.6 Å². The first-order valence-corrected chi connectivity index (χ1v) is 11.3. The normalized spacial score (nSPS) is 16.1. The molecule has 1 atom stereocenters. The average Bonchev–Trinajstić information content (AvgIpc) is 3.30. The number of piperazine rings is 1. The van der Waals surface area contributed by atoms with Crippen LogP contribution >= 0.6 is 0 Å². The van der Waals surface area contributed by atoms with Crippen molar-refractivity contribution in [2.45, 2.75) is 33.2 Å². The van der Waals surface area contributed by atoms with E-state index in [4.69, 9.17) is 4.42 Å². The molecule has 2 heterocycles. The smallest absolute Gasteiger partial charge is 0.247 e. The third-order valence-electron chi connectivity index (χ3n) is 6.06. The molecule has 168 valence electrons. The standard InChI is InChI=1S/C25H31N5O2/c1-4-20-9-5-6-11-22(20)26-23(31)17-29-12-14-30(15-13-29)19(3)24-27-28-25(32-24)21-10-7-8-18(2)16-21/h5-11,16,19H,4,12-15,17H2,1-3H3,(H,26,31). The summed E-state index contributed by atoms with van der Waals surface area (Å²) in [6.07, 6.45) is 0.897. The van der Waals surface area contributed by atoms with Crippen molar-refractivity contribution in [3.8, 4) is 11.5 Å². The summed E-state index contributed by atoms with van der Waals surface area (Å²) in [5.41, 5.74) is 4.17. The Bertz CT molecular complexity index is 1060. The fraction of sp³-hybridized carbons (Fsp3) is 0.400. The number of aromatic nitrogens is 2. The van der Waals surface area contributed by atoms with E-state index in [0.717, 1.165) is 55.0 Å². The fourth-order valence-corrected chi connectivity index (χ4v) is 4.11. The lowest BCUT2D eigenvalue weighted by Crippen LogP contribution is -2.49. The van der Waals surface area contributed by atoms with Gasteiger partial charge < -0.3 is 9.73 Å². The summed E-state index contributed by atoms with van der Waals surface area (Å²) >= 11 is 0. The van der Waals surface area contributed by atoms with Crippen molar-refractivity contribution in [2.75, 3.05) is 38.0 Å². The summed E-state index contributed by atoms with van der Waals surface area (Å²) < 4.78 is 5.98. The third-order valence-corrected chi connectivity index (χ3v) is 6.06. The van der Waals surface area contributed by atoms with E-state index in [2.05, 4.69) is 45.2 Å². The number of nitrogens with zero attached hydrogens (tertiary/aromatic N) is 4. The number of rotatable bonds is 7. The molecule has 1 amide bonds. The summed E-state index contributed by atoms with van der Waals surface area (Å²) in [5, 5.41) is 11.6. The fourth-order valence-electron chi connectivity index (χ4n) is 4.11. The summed E-state index contributed by atoms with van der Waals surface area (Å²) in [5.74, 6) is 1.22. The predicted octanol–water partition coefficient (Wildman–Crippen LogP) is 3.92. The Morgan fingerprint density at radius 3 is 2.62 bits per heavy atom. The van der Waals surface area contributed by atoms with Gasteiger partial charge in [-0.25, -0.2) is 0 Å². The highest BCUT2D eigenvalue weighted by molar-refractivity contribution is 5.93. The minimum Gasteiger partial charge on any atom is -0.419 e. The molecule has 1 saturated heterocycles. The Morgan fingerprint density at radius 2 is 1.88 bits per heavy atom. The second-order valence-electron chi connectivity index (χ2n) is 8.36. The molecule has 7 heteroatoms. The van der Waals surface area contributed by atoms with Crippen molar-refractivity contribution in [1.29, 1.82) is 0 Å². The zero-order chi connectivity index (χ0) is 22.5. The molecule has 32 heavy (non-hydrogen) atoms. The van der Waals surface area contributed by atoms with Crippen LogP contribution in [-0.2, 0) is 11.2 Å². The molecule has 2 aromatic carbocycles. The van der Waals surface area contributed by atoms with Crippen LogP contribution in [0.3, 0.4) is 0 Å². The van der Waals surface area contributed by atoms with Crippen LogP contribution in [0.25, 0.3) is 11.5 Å².